The summed E-state index contributed by atoms with van der Waals surface area (Å²) in [4.78, 5) is 12.1. The van der Waals surface area contributed by atoms with E-state index in [0.717, 1.165) is 12.1 Å². The van der Waals surface area contributed by atoms with Crippen LogP contribution in [0.2, 0.25) is 0 Å². The third-order valence-corrected chi connectivity index (χ3v) is 3.81. The van der Waals surface area contributed by atoms with Crippen LogP contribution < -0.4 is 15.8 Å². The van der Waals surface area contributed by atoms with Crippen molar-refractivity contribution < 1.29 is 22.7 Å². The van der Waals surface area contributed by atoms with Crippen LogP contribution in [-0.4, -0.2) is 13.0 Å². The van der Waals surface area contributed by atoms with E-state index in [0.29, 0.717) is 22.7 Å². The van der Waals surface area contributed by atoms with Gasteiger partial charge in [-0.2, -0.15) is 13.2 Å². The van der Waals surface area contributed by atoms with E-state index < -0.39 is 11.7 Å². The summed E-state index contributed by atoms with van der Waals surface area (Å²) in [5.41, 5.74) is 6.67. The van der Waals surface area contributed by atoms with Crippen molar-refractivity contribution in [1.82, 2.24) is 0 Å². The molecule has 0 heterocycles. The molecule has 8 heteroatoms. The Kier molecular flexibility index (Phi) is 7.32. The Labute approximate surface area is 155 Å². The lowest BCUT2D eigenvalue weighted by Gasteiger charge is -2.14. The summed E-state index contributed by atoms with van der Waals surface area (Å²) < 4.78 is 42.8. The molecule has 3 N–H and O–H groups in total. The van der Waals surface area contributed by atoms with E-state index in [4.69, 9.17) is 10.5 Å². The van der Waals surface area contributed by atoms with E-state index >= 15 is 0 Å². The number of rotatable bonds is 5. The number of ether oxygens (including phenoxy) is 1. The summed E-state index contributed by atoms with van der Waals surface area (Å²) in [7, 11) is 1.50. The molecule has 2 aromatic rings. The van der Waals surface area contributed by atoms with E-state index in [1.54, 1.807) is 25.1 Å². The number of halogens is 4. The van der Waals surface area contributed by atoms with E-state index in [1.165, 1.54) is 19.2 Å². The van der Waals surface area contributed by atoms with Crippen LogP contribution >= 0.6 is 12.4 Å². The van der Waals surface area contributed by atoms with Crippen LogP contribution in [0.1, 0.15) is 30.4 Å². The van der Waals surface area contributed by atoms with Crippen molar-refractivity contribution in [3.8, 4) is 5.75 Å². The van der Waals surface area contributed by atoms with Gasteiger partial charge in [0, 0.05) is 12.1 Å². The number of carbonyl (C=O) groups is 1. The van der Waals surface area contributed by atoms with Crippen LogP contribution in [0.3, 0.4) is 0 Å². The van der Waals surface area contributed by atoms with Crippen molar-refractivity contribution in [2.24, 2.45) is 0 Å². The third kappa shape index (κ3) is 5.56. The number of nitrogens with two attached hydrogens (primary N) is 1. The van der Waals surface area contributed by atoms with Gasteiger partial charge < -0.3 is 15.8 Å². The molecule has 0 aliphatic rings. The minimum absolute atomic E-state index is 0. The number of hydrogen-bond acceptors (Lipinski definition) is 3. The molecule has 1 unspecified atom stereocenters. The van der Waals surface area contributed by atoms with Crippen LogP contribution in [0.5, 0.6) is 5.75 Å². The number of nitrogen functional groups attached to an aromatic ring is 1. The van der Waals surface area contributed by atoms with Gasteiger partial charge in [-0.05, 0) is 41.8 Å². The lowest BCUT2D eigenvalue weighted by molar-refractivity contribution is -0.137. The summed E-state index contributed by atoms with van der Waals surface area (Å²) in [5, 5.41) is 2.72. The average Bonchev–Trinajstić information content (AvgIpc) is 2.54. The monoisotopic (exact) mass is 388 g/mol. The fourth-order valence-electron chi connectivity index (χ4n) is 2.42. The highest BCUT2D eigenvalue weighted by Gasteiger charge is 2.30. The zero-order valence-corrected chi connectivity index (χ0v) is 15.1. The standard InChI is InChI=1S/C18H19F3N2O2.ClH/c1-11(12-3-5-13(6-4-12)18(19,20)21)9-17(24)23-14-7-8-16(25-2)15(22)10-14;/h3-8,10-11H,9,22H2,1-2H3,(H,23,24);1H. The van der Waals surface area contributed by atoms with Gasteiger partial charge >= 0.3 is 6.18 Å². The zero-order valence-electron chi connectivity index (χ0n) is 14.3. The Hall–Kier alpha value is -2.41. The largest absolute Gasteiger partial charge is 0.495 e. The third-order valence-electron chi connectivity index (χ3n) is 3.81. The predicted molar refractivity (Wildman–Crippen MR) is 97.8 cm³/mol. The molecule has 2 rings (SSSR count). The smallest absolute Gasteiger partial charge is 0.416 e. The maximum Gasteiger partial charge on any atom is 0.416 e. The van der Waals surface area contributed by atoms with Gasteiger partial charge in [0.25, 0.3) is 0 Å². The first-order valence-electron chi connectivity index (χ1n) is 7.61. The maximum absolute atomic E-state index is 12.6. The van der Waals surface area contributed by atoms with Gasteiger partial charge in [-0.1, -0.05) is 19.1 Å². The van der Waals surface area contributed by atoms with Crippen LogP contribution in [-0.2, 0) is 11.0 Å². The molecule has 2 aromatic carbocycles. The molecule has 0 radical (unpaired) electrons. The topological polar surface area (TPSA) is 64.3 Å². The van der Waals surface area contributed by atoms with Crippen LogP contribution in [0.15, 0.2) is 42.5 Å². The Morgan fingerprint density at radius 2 is 1.81 bits per heavy atom. The molecule has 0 saturated carbocycles. The first kappa shape index (κ1) is 21.6. The van der Waals surface area contributed by atoms with Crippen LogP contribution in [0, 0.1) is 0 Å². The van der Waals surface area contributed by atoms with Crippen molar-refractivity contribution in [2.75, 3.05) is 18.2 Å². The SMILES string of the molecule is COc1ccc(NC(=O)CC(C)c2ccc(C(F)(F)F)cc2)cc1N.Cl. The minimum atomic E-state index is -4.37. The molecule has 0 fully saturated rings. The normalized spacial score (nSPS) is 12.0. The van der Waals surface area contributed by atoms with Gasteiger partial charge in [0.2, 0.25) is 5.91 Å². The molecular weight excluding hydrogens is 369 g/mol. The van der Waals surface area contributed by atoms with Gasteiger partial charge in [-0.25, -0.2) is 0 Å². The summed E-state index contributed by atoms with van der Waals surface area (Å²) >= 11 is 0. The molecule has 0 aliphatic carbocycles. The second-order valence-corrected chi connectivity index (χ2v) is 5.73. The zero-order chi connectivity index (χ0) is 18.6. The molecule has 142 valence electrons. The van der Waals surface area contributed by atoms with Crippen LogP contribution in [0.25, 0.3) is 0 Å². The highest BCUT2D eigenvalue weighted by molar-refractivity contribution is 5.92. The quantitative estimate of drug-likeness (QED) is 0.719. The number of carbonyl (C=O) groups excluding carboxylic acids is 1. The fourth-order valence-corrected chi connectivity index (χ4v) is 2.42. The van der Waals surface area contributed by atoms with Crippen molar-refractivity contribution in [3.63, 3.8) is 0 Å². The number of amides is 1. The highest BCUT2D eigenvalue weighted by Crippen LogP contribution is 2.31. The van der Waals surface area contributed by atoms with Gasteiger partial charge in [0.05, 0.1) is 18.4 Å². The van der Waals surface area contributed by atoms with Crippen molar-refractivity contribution >= 4 is 29.7 Å². The maximum atomic E-state index is 12.6. The minimum Gasteiger partial charge on any atom is -0.495 e. The fraction of sp³-hybridized carbons (Fsp3) is 0.278. The summed E-state index contributed by atoms with van der Waals surface area (Å²) in [6, 6.07) is 9.72. The number of hydrogen-bond donors (Lipinski definition) is 2. The summed E-state index contributed by atoms with van der Waals surface area (Å²) in [6.45, 7) is 1.78. The molecule has 0 bridgehead atoms. The Morgan fingerprint density at radius 1 is 1.19 bits per heavy atom. The Balaban J connectivity index is 0.00000338. The van der Waals surface area contributed by atoms with E-state index in [1.807, 2.05) is 0 Å². The molecule has 0 aromatic heterocycles. The van der Waals surface area contributed by atoms with E-state index in [2.05, 4.69) is 5.32 Å². The molecule has 1 amide bonds. The molecule has 0 aliphatic heterocycles. The van der Waals surface area contributed by atoms with Crippen LogP contribution in [0.4, 0.5) is 24.5 Å². The van der Waals surface area contributed by atoms with Gasteiger partial charge in [0.1, 0.15) is 5.75 Å². The number of anilines is 2. The first-order chi connectivity index (χ1) is 11.7. The van der Waals surface area contributed by atoms with E-state index in [-0.39, 0.29) is 30.7 Å². The molecular formula is C18H20ClF3N2O2. The number of alkyl halides is 3. The van der Waals surface area contributed by atoms with Crippen molar-refractivity contribution in [3.05, 3.63) is 53.6 Å². The van der Waals surface area contributed by atoms with Gasteiger partial charge in [0.15, 0.2) is 0 Å². The van der Waals surface area contributed by atoms with Gasteiger partial charge in [-0.3, -0.25) is 4.79 Å². The molecule has 0 spiro atoms. The Morgan fingerprint density at radius 3 is 2.31 bits per heavy atom. The average molecular weight is 389 g/mol. The lowest BCUT2D eigenvalue weighted by atomic mass is 9.96. The van der Waals surface area contributed by atoms with Crippen molar-refractivity contribution in [2.45, 2.75) is 25.4 Å². The highest BCUT2D eigenvalue weighted by atomic mass is 35.5. The van der Waals surface area contributed by atoms with E-state index in [9.17, 15) is 18.0 Å². The predicted octanol–water partition coefficient (Wildman–Crippen LogP) is 4.85. The second kappa shape index (κ2) is 8.80. The summed E-state index contributed by atoms with van der Waals surface area (Å²) in [6.07, 6.45) is -4.23. The molecule has 0 saturated heterocycles. The number of methoxy groups -OCH3 is 1. The molecule has 4 nitrogen and oxygen atoms in total. The number of benzene rings is 2. The number of nitrogens with one attached hydrogen (secondary N) is 1. The first-order valence-corrected chi connectivity index (χ1v) is 7.61. The summed E-state index contributed by atoms with van der Waals surface area (Å²) in [5.74, 6) is 0.0333. The Bertz CT molecular complexity index is 749. The lowest BCUT2D eigenvalue weighted by Crippen LogP contribution is -2.15. The molecule has 1 atom stereocenters. The van der Waals surface area contributed by atoms with Gasteiger partial charge in [-0.15, -0.1) is 12.4 Å². The molecule has 26 heavy (non-hydrogen) atoms. The second-order valence-electron chi connectivity index (χ2n) is 5.73. The van der Waals surface area contributed by atoms with Crippen molar-refractivity contribution in [1.29, 1.82) is 0 Å².